The fraction of sp³-hybridized carbons (Fsp3) is 0.667. The maximum atomic E-state index is 11.6. The van der Waals surface area contributed by atoms with Crippen molar-refractivity contribution >= 4 is 17.8 Å². The fourth-order valence-corrected chi connectivity index (χ4v) is 1.58. The highest BCUT2D eigenvalue weighted by Crippen LogP contribution is 2.05. The molecule has 5 N–H and O–H groups in total. The van der Waals surface area contributed by atoms with Crippen molar-refractivity contribution in [3.05, 3.63) is 0 Å². The molecule has 1 rings (SSSR count). The summed E-state index contributed by atoms with van der Waals surface area (Å²) < 4.78 is 0. The third kappa shape index (κ3) is 3.50. The van der Waals surface area contributed by atoms with Crippen molar-refractivity contribution in [3.63, 3.8) is 0 Å². The molecule has 7 nitrogen and oxygen atoms in total. The molecular weight excluding hydrogens is 214 g/mol. The Balaban J connectivity index is 2.50. The van der Waals surface area contributed by atoms with E-state index < -0.39 is 24.3 Å². The summed E-state index contributed by atoms with van der Waals surface area (Å²) in [6.07, 6.45) is 1.08. The van der Waals surface area contributed by atoms with Gasteiger partial charge >= 0.3 is 5.97 Å². The van der Waals surface area contributed by atoms with Gasteiger partial charge < -0.3 is 21.5 Å². The van der Waals surface area contributed by atoms with Crippen LogP contribution in [0.3, 0.4) is 0 Å². The minimum Gasteiger partial charge on any atom is -0.481 e. The zero-order valence-corrected chi connectivity index (χ0v) is 8.73. The monoisotopic (exact) mass is 229 g/mol. The first-order valence-electron chi connectivity index (χ1n) is 5.05. The maximum Gasteiger partial charge on any atom is 0.305 e. The number of amides is 2. The van der Waals surface area contributed by atoms with E-state index in [-0.39, 0.29) is 11.9 Å². The molecule has 1 fully saturated rings. The van der Waals surface area contributed by atoms with E-state index in [1.54, 1.807) is 0 Å². The Bertz CT molecular complexity index is 299. The SMILES string of the molecule is NC(=O)[C@H](CC(=O)O)NC(=O)[C@@H]1CCCN1. The second-order valence-corrected chi connectivity index (χ2v) is 3.71. The lowest BCUT2D eigenvalue weighted by Crippen LogP contribution is -2.50. The summed E-state index contributed by atoms with van der Waals surface area (Å²) in [5.74, 6) is -2.39. The van der Waals surface area contributed by atoms with Crippen LogP contribution in [-0.4, -0.2) is 41.5 Å². The molecule has 0 aliphatic carbocycles. The summed E-state index contributed by atoms with van der Waals surface area (Å²) in [6.45, 7) is 0.748. The summed E-state index contributed by atoms with van der Waals surface area (Å²) >= 11 is 0. The van der Waals surface area contributed by atoms with Crippen molar-refractivity contribution in [1.29, 1.82) is 0 Å². The van der Waals surface area contributed by atoms with Crippen LogP contribution in [0.5, 0.6) is 0 Å². The van der Waals surface area contributed by atoms with E-state index in [4.69, 9.17) is 10.8 Å². The highest BCUT2D eigenvalue weighted by molar-refractivity contribution is 5.91. The number of hydrogen-bond acceptors (Lipinski definition) is 4. The number of rotatable bonds is 5. The van der Waals surface area contributed by atoms with Crippen LogP contribution < -0.4 is 16.4 Å². The van der Waals surface area contributed by atoms with Crippen LogP contribution in [0.2, 0.25) is 0 Å². The van der Waals surface area contributed by atoms with Crippen LogP contribution in [0.15, 0.2) is 0 Å². The Morgan fingerprint density at radius 1 is 1.50 bits per heavy atom. The predicted octanol–water partition coefficient (Wildman–Crippen LogP) is -1.82. The second-order valence-electron chi connectivity index (χ2n) is 3.71. The van der Waals surface area contributed by atoms with E-state index in [1.807, 2.05) is 0 Å². The third-order valence-corrected chi connectivity index (χ3v) is 2.42. The van der Waals surface area contributed by atoms with Gasteiger partial charge in [-0.05, 0) is 19.4 Å². The molecule has 0 spiro atoms. The van der Waals surface area contributed by atoms with Gasteiger partial charge in [-0.25, -0.2) is 0 Å². The summed E-state index contributed by atoms with van der Waals surface area (Å²) in [5.41, 5.74) is 4.99. The van der Waals surface area contributed by atoms with E-state index in [0.717, 1.165) is 13.0 Å². The van der Waals surface area contributed by atoms with Crippen LogP contribution in [0, 0.1) is 0 Å². The van der Waals surface area contributed by atoms with Crippen LogP contribution in [-0.2, 0) is 14.4 Å². The Labute approximate surface area is 92.4 Å². The lowest BCUT2D eigenvalue weighted by molar-refractivity contribution is -0.140. The number of nitrogens with two attached hydrogens (primary N) is 1. The molecule has 0 radical (unpaired) electrons. The van der Waals surface area contributed by atoms with Gasteiger partial charge in [0.15, 0.2) is 0 Å². The first-order chi connectivity index (χ1) is 7.50. The molecule has 0 saturated carbocycles. The summed E-state index contributed by atoms with van der Waals surface area (Å²) in [4.78, 5) is 32.9. The lowest BCUT2D eigenvalue weighted by Gasteiger charge is -2.16. The average Bonchev–Trinajstić information content (AvgIpc) is 2.68. The number of carbonyl (C=O) groups is 3. The van der Waals surface area contributed by atoms with Gasteiger partial charge in [-0.15, -0.1) is 0 Å². The van der Waals surface area contributed by atoms with Gasteiger partial charge in [-0.3, -0.25) is 14.4 Å². The van der Waals surface area contributed by atoms with Crippen molar-refractivity contribution < 1.29 is 19.5 Å². The van der Waals surface area contributed by atoms with Crippen molar-refractivity contribution in [2.24, 2.45) is 5.73 Å². The Kier molecular flexibility index (Phi) is 4.24. The van der Waals surface area contributed by atoms with Crippen molar-refractivity contribution in [1.82, 2.24) is 10.6 Å². The first-order valence-corrected chi connectivity index (χ1v) is 5.05. The van der Waals surface area contributed by atoms with Crippen molar-refractivity contribution in [2.75, 3.05) is 6.54 Å². The van der Waals surface area contributed by atoms with Gasteiger partial charge in [0.2, 0.25) is 11.8 Å². The molecule has 0 unspecified atom stereocenters. The number of nitrogens with one attached hydrogen (secondary N) is 2. The minimum atomic E-state index is -1.18. The topological polar surface area (TPSA) is 122 Å². The minimum absolute atomic E-state index is 0.351. The van der Waals surface area contributed by atoms with E-state index in [2.05, 4.69) is 10.6 Å². The molecule has 2 atom stereocenters. The van der Waals surface area contributed by atoms with Gasteiger partial charge in [-0.1, -0.05) is 0 Å². The average molecular weight is 229 g/mol. The number of hydrogen-bond donors (Lipinski definition) is 4. The predicted molar refractivity (Wildman–Crippen MR) is 54.4 cm³/mol. The molecule has 0 bridgehead atoms. The van der Waals surface area contributed by atoms with Crippen LogP contribution in [0.25, 0.3) is 0 Å². The number of carboxylic acids is 1. The van der Waals surface area contributed by atoms with E-state index in [0.29, 0.717) is 6.42 Å². The smallest absolute Gasteiger partial charge is 0.305 e. The number of carbonyl (C=O) groups excluding carboxylic acids is 2. The number of aliphatic carboxylic acids is 1. The standard InChI is InChI=1S/C9H15N3O4/c10-8(15)6(4-7(13)14)12-9(16)5-2-1-3-11-5/h5-6,11H,1-4H2,(H2,10,15)(H,12,16)(H,13,14)/t5-,6-/m0/s1. The van der Waals surface area contributed by atoms with E-state index >= 15 is 0 Å². The Morgan fingerprint density at radius 3 is 2.62 bits per heavy atom. The maximum absolute atomic E-state index is 11.6. The lowest BCUT2D eigenvalue weighted by atomic mass is 10.1. The highest BCUT2D eigenvalue weighted by atomic mass is 16.4. The summed E-state index contributed by atoms with van der Waals surface area (Å²) in [5, 5.41) is 13.8. The molecule has 90 valence electrons. The second kappa shape index (κ2) is 5.45. The van der Waals surface area contributed by atoms with Crippen molar-refractivity contribution in [2.45, 2.75) is 31.3 Å². The zero-order chi connectivity index (χ0) is 12.1. The zero-order valence-electron chi connectivity index (χ0n) is 8.73. The van der Waals surface area contributed by atoms with Gasteiger partial charge in [0.05, 0.1) is 12.5 Å². The fourth-order valence-electron chi connectivity index (χ4n) is 1.58. The Morgan fingerprint density at radius 2 is 2.19 bits per heavy atom. The molecule has 0 aromatic carbocycles. The highest BCUT2D eigenvalue weighted by Gasteiger charge is 2.27. The molecule has 1 heterocycles. The number of primary amides is 1. The molecule has 0 aromatic heterocycles. The Hall–Kier alpha value is -1.63. The largest absolute Gasteiger partial charge is 0.481 e. The normalized spacial score (nSPS) is 21.4. The van der Waals surface area contributed by atoms with Gasteiger partial charge in [0, 0.05) is 0 Å². The van der Waals surface area contributed by atoms with Crippen LogP contribution in [0.4, 0.5) is 0 Å². The van der Waals surface area contributed by atoms with Gasteiger partial charge in [0.1, 0.15) is 6.04 Å². The summed E-state index contributed by atoms with van der Waals surface area (Å²) in [6, 6.07) is -1.50. The quantitative estimate of drug-likeness (QED) is 0.442. The van der Waals surface area contributed by atoms with E-state index in [9.17, 15) is 14.4 Å². The molecular formula is C9H15N3O4. The molecule has 1 aliphatic heterocycles. The van der Waals surface area contributed by atoms with Gasteiger partial charge in [-0.2, -0.15) is 0 Å². The van der Waals surface area contributed by atoms with E-state index in [1.165, 1.54) is 0 Å². The first kappa shape index (κ1) is 12.4. The van der Waals surface area contributed by atoms with Crippen LogP contribution >= 0.6 is 0 Å². The molecule has 7 heteroatoms. The molecule has 16 heavy (non-hydrogen) atoms. The van der Waals surface area contributed by atoms with Crippen LogP contribution in [0.1, 0.15) is 19.3 Å². The third-order valence-electron chi connectivity index (χ3n) is 2.42. The number of carboxylic acid groups (broad SMARTS) is 1. The molecule has 1 saturated heterocycles. The van der Waals surface area contributed by atoms with Gasteiger partial charge in [0.25, 0.3) is 0 Å². The molecule has 1 aliphatic rings. The molecule has 2 amide bonds. The molecule has 0 aromatic rings. The van der Waals surface area contributed by atoms with Crippen molar-refractivity contribution in [3.8, 4) is 0 Å². The summed E-state index contributed by atoms with van der Waals surface area (Å²) in [7, 11) is 0.